The standard InChI is InChI=1S/C24H33N3O3S/c1-17(2)15-23(26-31(29,30)21-10-7-18(3)8-11-21)24(28)25-22-12-9-20(16-19(22)4)27-13-5-6-14-27/h7-12,16-17,23,26H,5-6,13-15H2,1-4H3,(H,25,28). The van der Waals surface area contributed by atoms with Gasteiger partial charge in [-0.25, -0.2) is 8.42 Å². The summed E-state index contributed by atoms with van der Waals surface area (Å²) in [5, 5.41) is 2.93. The zero-order chi connectivity index (χ0) is 22.6. The van der Waals surface area contributed by atoms with Gasteiger partial charge in [-0.2, -0.15) is 4.72 Å². The van der Waals surface area contributed by atoms with Gasteiger partial charge in [0.1, 0.15) is 6.04 Å². The summed E-state index contributed by atoms with van der Waals surface area (Å²) in [7, 11) is -3.80. The fraction of sp³-hybridized carbons (Fsp3) is 0.458. The number of sulfonamides is 1. The summed E-state index contributed by atoms with van der Waals surface area (Å²) in [6, 6.07) is 11.8. The lowest BCUT2D eigenvalue weighted by atomic mass is 10.0. The van der Waals surface area contributed by atoms with E-state index in [4.69, 9.17) is 0 Å². The van der Waals surface area contributed by atoms with Gasteiger partial charge in [-0.05, 0) is 74.9 Å². The van der Waals surface area contributed by atoms with E-state index >= 15 is 0 Å². The van der Waals surface area contributed by atoms with E-state index in [1.807, 2.05) is 39.8 Å². The molecule has 0 aromatic heterocycles. The Bertz CT molecular complexity index is 1010. The second-order valence-corrected chi connectivity index (χ2v) is 10.5. The molecule has 2 N–H and O–H groups in total. The highest BCUT2D eigenvalue weighted by Crippen LogP contribution is 2.26. The van der Waals surface area contributed by atoms with Gasteiger partial charge in [0.15, 0.2) is 0 Å². The number of nitrogens with zero attached hydrogens (tertiary/aromatic N) is 1. The van der Waals surface area contributed by atoms with E-state index in [9.17, 15) is 13.2 Å². The van der Waals surface area contributed by atoms with Crippen LogP contribution in [0.15, 0.2) is 47.4 Å². The van der Waals surface area contributed by atoms with Gasteiger partial charge in [-0.15, -0.1) is 0 Å². The van der Waals surface area contributed by atoms with Gasteiger partial charge in [-0.1, -0.05) is 31.5 Å². The Morgan fingerprint density at radius 1 is 1.03 bits per heavy atom. The van der Waals surface area contributed by atoms with Crippen LogP contribution in [0.25, 0.3) is 0 Å². The number of hydrogen-bond donors (Lipinski definition) is 2. The minimum absolute atomic E-state index is 0.148. The molecular weight excluding hydrogens is 410 g/mol. The first kappa shape index (κ1) is 23.3. The van der Waals surface area contributed by atoms with Crippen LogP contribution in [0.2, 0.25) is 0 Å². The molecule has 1 heterocycles. The van der Waals surface area contributed by atoms with Gasteiger partial charge < -0.3 is 10.2 Å². The van der Waals surface area contributed by atoms with Crippen molar-refractivity contribution in [2.75, 3.05) is 23.3 Å². The summed E-state index contributed by atoms with van der Waals surface area (Å²) < 4.78 is 28.3. The maximum atomic E-state index is 13.1. The molecule has 0 saturated carbocycles. The molecule has 1 aliphatic heterocycles. The average molecular weight is 444 g/mol. The van der Waals surface area contributed by atoms with E-state index in [2.05, 4.69) is 21.0 Å². The van der Waals surface area contributed by atoms with E-state index in [0.29, 0.717) is 12.1 Å². The van der Waals surface area contributed by atoms with Gasteiger partial charge in [0.25, 0.3) is 0 Å². The van der Waals surface area contributed by atoms with Gasteiger partial charge >= 0.3 is 0 Å². The van der Waals surface area contributed by atoms with Gasteiger partial charge in [0, 0.05) is 24.5 Å². The third kappa shape index (κ3) is 6.08. The fourth-order valence-corrected chi connectivity index (χ4v) is 5.04. The predicted octanol–water partition coefficient (Wildman–Crippen LogP) is 4.24. The van der Waals surface area contributed by atoms with E-state index in [1.54, 1.807) is 24.3 Å². The van der Waals surface area contributed by atoms with Crippen LogP contribution >= 0.6 is 0 Å². The Balaban J connectivity index is 1.76. The number of nitrogens with one attached hydrogen (secondary N) is 2. The van der Waals surface area contributed by atoms with E-state index in [0.717, 1.165) is 29.9 Å². The van der Waals surface area contributed by atoms with Crippen LogP contribution in [0.3, 0.4) is 0 Å². The summed E-state index contributed by atoms with van der Waals surface area (Å²) >= 11 is 0. The lowest BCUT2D eigenvalue weighted by Crippen LogP contribution is -2.44. The SMILES string of the molecule is Cc1ccc(S(=O)(=O)NC(CC(C)C)C(=O)Nc2ccc(N3CCCC3)cc2C)cc1. The molecule has 1 atom stereocenters. The summed E-state index contributed by atoms with van der Waals surface area (Å²) in [4.78, 5) is 15.6. The number of anilines is 2. The molecule has 31 heavy (non-hydrogen) atoms. The van der Waals surface area contributed by atoms with Crippen molar-refractivity contribution in [1.29, 1.82) is 0 Å². The average Bonchev–Trinajstić information content (AvgIpc) is 3.23. The molecule has 2 aromatic rings. The Hall–Kier alpha value is -2.38. The lowest BCUT2D eigenvalue weighted by molar-refractivity contribution is -0.118. The van der Waals surface area contributed by atoms with E-state index in [1.165, 1.54) is 12.8 Å². The fourth-order valence-electron chi connectivity index (χ4n) is 3.83. The molecule has 6 nitrogen and oxygen atoms in total. The molecule has 1 amide bonds. The first-order chi connectivity index (χ1) is 14.7. The van der Waals surface area contributed by atoms with E-state index < -0.39 is 16.1 Å². The topological polar surface area (TPSA) is 78.5 Å². The predicted molar refractivity (Wildman–Crippen MR) is 126 cm³/mol. The minimum atomic E-state index is -3.80. The third-order valence-electron chi connectivity index (χ3n) is 5.59. The molecule has 0 radical (unpaired) electrons. The Kier molecular flexibility index (Phi) is 7.38. The number of benzene rings is 2. The third-order valence-corrected chi connectivity index (χ3v) is 7.08. The molecule has 3 rings (SSSR count). The number of aryl methyl sites for hydroxylation is 2. The largest absolute Gasteiger partial charge is 0.372 e. The Morgan fingerprint density at radius 3 is 2.26 bits per heavy atom. The zero-order valence-electron chi connectivity index (χ0n) is 18.8. The van der Waals surface area contributed by atoms with Crippen molar-refractivity contribution < 1.29 is 13.2 Å². The summed E-state index contributed by atoms with van der Waals surface area (Å²) in [5.41, 5.74) is 3.80. The maximum Gasteiger partial charge on any atom is 0.242 e. The highest BCUT2D eigenvalue weighted by Gasteiger charge is 2.27. The molecule has 168 valence electrons. The van der Waals surface area contributed by atoms with Crippen LogP contribution in [-0.2, 0) is 14.8 Å². The Morgan fingerprint density at radius 2 is 1.68 bits per heavy atom. The summed E-state index contributed by atoms with van der Waals surface area (Å²) in [6.45, 7) is 9.91. The van der Waals surface area contributed by atoms with E-state index in [-0.39, 0.29) is 16.7 Å². The van der Waals surface area contributed by atoms with Crippen molar-refractivity contribution in [3.8, 4) is 0 Å². The minimum Gasteiger partial charge on any atom is -0.372 e. The van der Waals surface area contributed by atoms with Crippen molar-refractivity contribution in [3.05, 3.63) is 53.6 Å². The zero-order valence-corrected chi connectivity index (χ0v) is 19.6. The first-order valence-electron chi connectivity index (χ1n) is 10.9. The number of carbonyl (C=O) groups is 1. The van der Waals surface area contributed by atoms with Crippen LogP contribution in [-0.4, -0.2) is 33.5 Å². The molecule has 2 aromatic carbocycles. The summed E-state index contributed by atoms with van der Waals surface area (Å²) in [5.74, 6) is -0.198. The maximum absolute atomic E-state index is 13.1. The molecule has 1 unspecified atom stereocenters. The van der Waals surface area contributed by atoms with Crippen molar-refractivity contribution >= 4 is 27.3 Å². The molecule has 0 spiro atoms. The first-order valence-corrected chi connectivity index (χ1v) is 12.4. The number of hydrogen-bond acceptors (Lipinski definition) is 4. The van der Waals surface area contributed by atoms with Gasteiger partial charge in [-0.3, -0.25) is 4.79 Å². The normalized spacial score (nSPS) is 15.3. The molecule has 1 saturated heterocycles. The molecule has 7 heteroatoms. The van der Waals surface area contributed by atoms with Crippen LogP contribution < -0.4 is 14.9 Å². The molecule has 0 aliphatic carbocycles. The highest BCUT2D eigenvalue weighted by atomic mass is 32.2. The highest BCUT2D eigenvalue weighted by molar-refractivity contribution is 7.89. The van der Waals surface area contributed by atoms with Crippen molar-refractivity contribution in [2.24, 2.45) is 5.92 Å². The second kappa shape index (κ2) is 9.83. The van der Waals surface area contributed by atoms with Crippen molar-refractivity contribution in [3.63, 3.8) is 0 Å². The van der Waals surface area contributed by atoms with Crippen LogP contribution in [0.4, 0.5) is 11.4 Å². The Labute approximate surface area is 186 Å². The number of rotatable bonds is 8. The lowest BCUT2D eigenvalue weighted by Gasteiger charge is -2.22. The van der Waals surface area contributed by atoms with Gasteiger partial charge in [0.2, 0.25) is 15.9 Å². The number of carbonyl (C=O) groups excluding carboxylic acids is 1. The van der Waals surface area contributed by atoms with Gasteiger partial charge in [0.05, 0.1) is 4.90 Å². The monoisotopic (exact) mass is 443 g/mol. The van der Waals surface area contributed by atoms with Crippen molar-refractivity contribution in [1.82, 2.24) is 4.72 Å². The van der Waals surface area contributed by atoms with Crippen LogP contribution in [0.5, 0.6) is 0 Å². The quantitative estimate of drug-likeness (QED) is 0.640. The molecular formula is C24H33N3O3S. The molecule has 0 bridgehead atoms. The number of amides is 1. The van der Waals surface area contributed by atoms with Crippen molar-refractivity contribution in [2.45, 2.75) is 57.9 Å². The smallest absolute Gasteiger partial charge is 0.242 e. The summed E-state index contributed by atoms with van der Waals surface area (Å²) in [6.07, 6.45) is 2.81. The van der Waals surface area contributed by atoms with Crippen LogP contribution in [0, 0.1) is 19.8 Å². The van der Waals surface area contributed by atoms with Crippen LogP contribution in [0.1, 0.15) is 44.2 Å². The molecule has 1 fully saturated rings. The second-order valence-electron chi connectivity index (χ2n) is 8.80. The molecule has 1 aliphatic rings.